The van der Waals surface area contributed by atoms with E-state index in [1.165, 1.54) is 13.2 Å². The van der Waals surface area contributed by atoms with Crippen molar-refractivity contribution in [3.05, 3.63) is 24.0 Å². The second kappa shape index (κ2) is 5.22. The summed E-state index contributed by atoms with van der Waals surface area (Å²) in [6.45, 7) is 0. The van der Waals surface area contributed by atoms with Gasteiger partial charge >= 0.3 is 12.3 Å². The van der Waals surface area contributed by atoms with E-state index in [1.54, 1.807) is 0 Å². The minimum absolute atomic E-state index is 0.287. The summed E-state index contributed by atoms with van der Waals surface area (Å²) >= 11 is 0. The van der Waals surface area contributed by atoms with Crippen LogP contribution >= 0.6 is 0 Å². The lowest BCUT2D eigenvalue weighted by molar-refractivity contribution is -0.303. The Morgan fingerprint density at radius 2 is 2.24 bits per heavy atom. The normalized spacial score (nSPS) is 21.9. The zero-order chi connectivity index (χ0) is 13.1. The Morgan fingerprint density at radius 1 is 1.59 bits per heavy atom. The van der Waals surface area contributed by atoms with Crippen LogP contribution in [0.15, 0.2) is 24.0 Å². The van der Waals surface area contributed by atoms with Crippen LogP contribution < -0.4 is 0 Å². The van der Waals surface area contributed by atoms with Crippen molar-refractivity contribution < 1.29 is 32.5 Å². The second-order valence-electron chi connectivity index (χ2n) is 3.41. The van der Waals surface area contributed by atoms with E-state index < -0.39 is 30.1 Å². The zero-order valence-corrected chi connectivity index (χ0v) is 8.90. The Hall–Kier alpha value is -1.50. The third kappa shape index (κ3) is 4.10. The number of aliphatic carboxylic acids is 1. The predicted octanol–water partition coefficient (Wildman–Crippen LogP) is 2.08. The highest BCUT2D eigenvalue weighted by atomic mass is 19.4. The van der Waals surface area contributed by atoms with Crippen LogP contribution in [-0.2, 0) is 14.3 Å². The largest absolute Gasteiger partial charge is 0.573 e. The summed E-state index contributed by atoms with van der Waals surface area (Å²) < 4.78 is 44.3. The summed E-state index contributed by atoms with van der Waals surface area (Å²) in [5.74, 6) is -2.33. The summed E-state index contributed by atoms with van der Waals surface area (Å²) in [6, 6.07) is 0. The van der Waals surface area contributed by atoms with Gasteiger partial charge in [0.2, 0.25) is 0 Å². The maximum atomic E-state index is 12.0. The van der Waals surface area contributed by atoms with Gasteiger partial charge in [0, 0.05) is 13.0 Å². The first kappa shape index (κ1) is 13.6. The molecule has 0 radical (unpaired) electrons. The molecular formula is C10H11F3O4. The molecule has 0 fully saturated rings. The van der Waals surface area contributed by atoms with E-state index in [1.807, 2.05) is 0 Å². The van der Waals surface area contributed by atoms with Crippen LogP contribution in [0.1, 0.15) is 6.42 Å². The number of alkyl halides is 3. The van der Waals surface area contributed by atoms with Gasteiger partial charge in [0.1, 0.15) is 5.76 Å². The van der Waals surface area contributed by atoms with Crippen molar-refractivity contribution in [2.75, 3.05) is 7.11 Å². The van der Waals surface area contributed by atoms with E-state index in [0.717, 1.165) is 12.2 Å². The fourth-order valence-electron chi connectivity index (χ4n) is 1.55. The molecule has 1 aliphatic rings. The van der Waals surface area contributed by atoms with Gasteiger partial charge in [-0.1, -0.05) is 6.08 Å². The van der Waals surface area contributed by atoms with Crippen LogP contribution in [0.25, 0.3) is 0 Å². The average Bonchev–Trinajstić information content (AvgIpc) is 2.15. The molecule has 0 amide bonds. The van der Waals surface area contributed by atoms with Gasteiger partial charge in [-0.25, -0.2) is 4.79 Å². The molecule has 17 heavy (non-hydrogen) atoms. The molecule has 0 heterocycles. The number of rotatable bonds is 4. The van der Waals surface area contributed by atoms with Crippen molar-refractivity contribution in [1.29, 1.82) is 0 Å². The Labute approximate surface area is 95.3 Å². The first-order valence-electron chi connectivity index (χ1n) is 4.73. The summed E-state index contributed by atoms with van der Waals surface area (Å²) in [5.41, 5.74) is 0. The molecule has 1 N–H and O–H groups in total. The van der Waals surface area contributed by atoms with E-state index >= 15 is 0 Å². The highest BCUT2D eigenvalue weighted by molar-refractivity contribution is 5.73. The zero-order valence-electron chi connectivity index (χ0n) is 8.90. The molecule has 0 aromatic heterocycles. The number of hydrogen-bond acceptors (Lipinski definition) is 3. The predicted molar refractivity (Wildman–Crippen MR) is 50.9 cm³/mol. The summed E-state index contributed by atoms with van der Waals surface area (Å²) in [4.78, 5) is 10.8. The lowest BCUT2D eigenvalue weighted by Gasteiger charge is -2.22. The fraction of sp³-hybridized carbons (Fsp3) is 0.500. The molecule has 0 saturated heterocycles. The molecule has 0 aromatic carbocycles. The Bertz CT molecular complexity index is 346. The van der Waals surface area contributed by atoms with Gasteiger partial charge in [-0.15, -0.1) is 13.2 Å². The Kier molecular flexibility index (Phi) is 4.17. The molecule has 0 saturated carbocycles. The monoisotopic (exact) mass is 252 g/mol. The van der Waals surface area contributed by atoms with Crippen molar-refractivity contribution in [3.8, 4) is 0 Å². The van der Waals surface area contributed by atoms with Crippen LogP contribution in [0.5, 0.6) is 0 Å². The number of carbonyl (C=O) groups is 1. The second-order valence-corrected chi connectivity index (χ2v) is 3.41. The molecule has 1 aliphatic carbocycles. The number of hydrogen-bond donors (Lipinski definition) is 1. The van der Waals surface area contributed by atoms with Crippen LogP contribution in [0.4, 0.5) is 13.2 Å². The molecule has 2 atom stereocenters. The maximum Gasteiger partial charge on any atom is 0.573 e. The summed E-state index contributed by atoms with van der Waals surface area (Å²) in [7, 11) is 1.19. The SMILES string of the molecule is COC(C(=O)O)C1C=C(OC(F)(F)F)C=CC1. The van der Waals surface area contributed by atoms with Gasteiger partial charge in [-0.05, 0) is 18.6 Å². The van der Waals surface area contributed by atoms with Gasteiger partial charge in [-0.3, -0.25) is 0 Å². The third-order valence-corrected chi connectivity index (χ3v) is 2.19. The van der Waals surface area contributed by atoms with E-state index in [2.05, 4.69) is 4.74 Å². The first-order valence-corrected chi connectivity index (χ1v) is 4.73. The highest BCUT2D eigenvalue weighted by Gasteiger charge is 2.34. The van der Waals surface area contributed by atoms with Crippen LogP contribution in [-0.4, -0.2) is 30.7 Å². The summed E-state index contributed by atoms with van der Waals surface area (Å²) in [6.07, 6.45) is -2.01. The van der Waals surface area contributed by atoms with Gasteiger partial charge in [0.05, 0.1) is 0 Å². The summed E-state index contributed by atoms with van der Waals surface area (Å²) in [5, 5.41) is 8.80. The number of methoxy groups -OCH3 is 1. The molecule has 7 heteroatoms. The maximum absolute atomic E-state index is 12.0. The van der Waals surface area contributed by atoms with Gasteiger partial charge in [0.25, 0.3) is 0 Å². The van der Waals surface area contributed by atoms with E-state index in [-0.39, 0.29) is 6.42 Å². The molecular weight excluding hydrogens is 241 g/mol. The smallest absolute Gasteiger partial charge is 0.479 e. The van der Waals surface area contributed by atoms with Gasteiger partial charge in [-0.2, -0.15) is 0 Å². The topological polar surface area (TPSA) is 55.8 Å². The first-order chi connectivity index (χ1) is 7.83. The van der Waals surface area contributed by atoms with Crippen molar-refractivity contribution in [2.24, 2.45) is 5.92 Å². The van der Waals surface area contributed by atoms with Crippen molar-refractivity contribution in [2.45, 2.75) is 18.9 Å². The third-order valence-electron chi connectivity index (χ3n) is 2.19. The van der Waals surface area contributed by atoms with Crippen molar-refractivity contribution in [1.82, 2.24) is 0 Å². The van der Waals surface area contributed by atoms with Crippen LogP contribution in [0, 0.1) is 5.92 Å². The minimum Gasteiger partial charge on any atom is -0.479 e. The molecule has 4 nitrogen and oxygen atoms in total. The Morgan fingerprint density at radius 3 is 2.71 bits per heavy atom. The quantitative estimate of drug-likeness (QED) is 0.832. The molecule has 0 aliphatic heterocycles. The average molecular weight is 252 g/mol. The number of ether oxygens (including phenoxy) is 2. The van der Waals surface area contributed by atoms with E-state index in [4.69, 9.17) is 9.84 Å². The molecule has 96 valence electrons. The minimum atomic E-state index is -4.79. The number of halogens is 3. The molecule has 0 spiro atoms. The molecule has 0 bridgehead atoms. The number of carboxylic acid groups (broad SMARTS) is 1. The Balaban J connectivity index is 2.78. The van der Waals surface area contributed by atoms with Crippen molar-refractivity contribution >= 4 is 5.97 Å². The standard InChI is InChI=1S/C10H11F3O4/c1-16-8(9(14)15)6-3-2-4-7(5-6)17-10(11,12)13/h2,4-6,8H,3H2,1H3,(H,14,15). The van der Waals surface area contributed by atoms with E-state index in [0.29, 0.717) is 0 Å². The number of carboxylic acids is 1. The lowest BCUT2D eigenvalue weighted by Crippen LogP contribution is -2.31. The lowest BCUT2D eigenvalue weighted by atomic mass is 9.94. The highest BCUT2D eigenvalue weighted by Crippen LogP contribution is 2.27. The molecule has 1 rings (SSSR count). The van der Waals surface area contributed by atoms with Crippen LogP contribution in [0.3, 0.4) is 0 Å². The molecule has 0 aromatic rings. The fourth-order valence-corrected chi connectivity index (χ4v) is 1.55. The van der Waals surface area contributed by atoms with Crippen molar-refractivity contribution in [3.63, 3.8) is 0 Å². The molecule has 2 unspecified atom stereocenters. The van der Waals surface area contributed by atoms with E-state index in [9.17, 15) is 18.0 Å². The van der Waals surface area contributed by atoms with Gasteiger partial charge < -0.3 is 14.6 Å². The van der Waals surface area contributed by atoms with Crippen LogP contribution in [0.2, 0.25) is 0 Å². The van der Waals surface area contributed by atoms with Gasteiger partial charge in [0.15, 0.2) is 6.10 Å². The number of allylic oxidation sites excluding steroid dienone is 2.